The SMILES string of the molecule is OCC[C@@]1(Cc2ccccc2)CNC[C@H]1c1ccc(F)c(Cl)c1. The van der Waals surface area contributed by atoms with Crippen LogP contribution >= 0.6 is 11.6 Å². The number of halogens is 2. The van der Waals surface area contributed by atoms with Gasteiger partial charge in [0.15, 0.2) is 0 Å². The van der Waals surface area contributed by atoms with Gasteiger partial charge in [0.25, 0.3) is 0 Å². The van der Waals surface area contributed by atoms with E-state index >= 15 is 0 Å². The fourth-order valence-electron chi connectivity index (χ4n) is 3.77. The topological polar surface area (TPSA) is 32.3 Å². The lowest BCUT2D eigenvalue weighted by molar-refractivity contribution is 0.178. The molecule has 1 saturated heterocycles. The van der Waals surface area contributed by atoms with E-state index in [9.17, 15) is 9.50 Å². The zero-order valence-corrected chi connectivity index (χ0v) is 13.7. The van der Waals surface area contributed by atoms with Gasteiger partial charge in [0, 0.05) is 25.6 Å². The van der Waals surface area contributed by atoms with Gasteiger partial charge in [-0.3, -0.25) is 0 Å². The fourth-order valence-corrected chi connectivity index (χ4v) is 3.96. The zero-order valence-electron chi connectivity index (χ0n) is 12.9. The van der Waals surface area contributed by atoms with Crippen LogP contribution in [0.1, 0.15) is 23.5 Å². The van der Waals surface area contributed by atoms with E-state index in [-0.39, 0.29) is 23.0 Å². The second-order valence-corrected chi connectivity index (χ2v) is 6.76. The van der Waals surface area contributed by atoms with E-state index < -0.39 is 5.82 Å². The van der Waals surface area contributed by atoms with E-state index in [1.165, 1.54) is 11.6 Å². The average Bonchev–Trinajstić information content (AvgIpc) is 2.95. The summed E-state index contributed by atoms with van der Waals surface area (Å²) in [5, 5.41) is 13.2. The average molecular weight is 334 g/mol. The molecule has 2 atom stereocenters. The Morgan fingerprint density at radius 1 is 1.22 bits per heavy atom. The van der Waals surface area contributed by atoms with Crippen molar-refractivity contribution in [1.29, 1.82) is 0 Å². The molecule has 1 aliphatic rings. The number of hydrogen-bond donors (Lipinski definition) is 2. The van der Waals surface area contributed by atoms with Gasteiger partial charge in [-0.15, -0.1) is 0 Å². The molecule has 2 aromatic rings. The monoisotopic (exact) mass is 333 g/mol. The van der Waals surface area contributed by atoms with Crippen LogP contribution in [0.15, 0.2) is 48.5 Å². The molecule has 122 valence electrons. The maximum absolute atomic E-state index is 13.5. The Balaban J connectivity index is 1.95. The molecule has 0 unspecified atom stereocenters. The third kappa shape index (κ3) is 3.42. The molecule has 2 N–H and O–H groups in total. The molecule has 0 aromatic heterocycles. The van der Waals surface area contributed by atoms with E-state index in [1.54, 1.807) is 6.07 Å². The molecule has 0 aliphatic carbocycles. The van der Waals surface area contributed by atoms with Gasteiger partial charge in [-0.05, 0) is 41.5 Å². The molecule has 23 heavy (non-hydrogen) atoms. The number of rotatable bonds is 5. The molecule has 4 heteroatoms. The van der Waals surface area contributed by atoms with Gasteiger partial charge in [0.1, 0.15) is 5.82 Å². The second-order valence-electron chi connectivity index (χ2n) is 6.36. The number of aliphatic hydroxyl groups excluding tert-OH is 1. The molecular formula is C19H21ClFNO. The maximum atomic E-state index is 13.5. The molecule has 0 spiro atoms. The van der Waals surface area contributed by atoms with Crippen molar-refractivity contribution in [3.8, 4) is 0 Å². The summed E-state index contributed by atoms with van der Waals surface area (Å²) >= 11 is 5.98. The summed E-state index contributed by atoms with van der Waals surface area (Å²) in [6, 6.07) is 15.3. The lowest BCUT2D eigenvalue weighted by Crippen LogP contribution is -2.32. The number of aliphatic hydroxyl groups is 1. The molecule has 2 nitrogen and oxygen atoms in total. The molecule has 3 rings (SSSR count). The molecule has 0 bridgehead atoms. The van der Waals surface area contributed by atoms with Crippen LogP contribution < -0.4 is 5.32 Å². The molecule has 0 saturated carbocycles. The van der Waals surface area contributed by atoms with Crippen LogP contribution in [0.2, 0.25) is 5.02 Å². The fraction of sp³-hybridized carbons (Fsp3) is 0.368. The molecule has 1 heterocycles. The Hall–Kier alpha value is -1.42. The van der Waals surface area contributed by atoms with Crippen LogP contribution in [0, 0.1) is 11.2 Å². The van der Waals surface area contributed by atoms with Crippen molar-refractivity contribution < 1.29 is 9.50 Å². The highest BCUT2D eigenvalue weighted by Crippen LogP contribution is 2.45. The minimum atomic E-state index is -0.391. The van der Waals surface area contributed by atoms with Gasteiger partial charge >= 0.3 is 0 Å². The highest BCUT2D eigenvalue weighted by Gasteiger charge is 2.43. The first kappa shape index (κ1) is 16.4. The quantitative estimate of drug-likeness (QED) is 0.872. The zero-order chi connectivity index (χ0) is 16.3. The summed E-state index contributed by atoms with van der Waals surface area (Å²) in [4.78, 5) is 0. The van der Waals surface area contributed by atoms with Crippen molar-refractivity contribution in [3.63, 3.8) is 0 Å². The summed E-state index contributed by atoms with van der Waals surface area (Å²) in [5.74, 6) is -0.190. The first-order valence-electron chi connectivity index (χ1n) is 7.95. The molecule has 1 fully saturated rings. The van der Waals surface area contributed by atoms with Crippen molar-refractivity contribution in [2.24, 2.45) is 5.41 Å². The summed E-state index contributed by atoms with van der Waals surface area (Å²) in [6.07, 6.45) is 1.58. The minimum Gasteiger partial charge on any atom is -0.396 e. The molecular weight excluding hydrogens is 313 g/mol. The van der Waals surface area contributed by atoms with Crippen LogP contribution in [-0.4, -0.2) is 24.8 Å². The van der Waals surface area contributed by atoms with E-state index in [4.69, 9.17) is 11.6 Å². The number of benzene rings is 2. The summed E-state index contributed by atoms with van der Waals surface area (Å²) < 4.78 is 13.5. The van der Waals surface area contributed by atoms with Gasteiger partial charge in [-0.2, -0.15) is 0 Å². The van der Waals surface area contributed by atoms with E-state index in [1.807, 2.05) is 24.3 Å². The predicted octanol–water partition coefficient (Wildman–Crippen LogP) is 3.78. The number of hydrogen-bond acceptors (Lipinski definition) is 2. The highest BCUT2D eigenvalue weighted by atomic mass is 35.5. The van der Waals surface area contributed by atoms with E-state index in [2.05, 4.69) is 17.4 Å². The van der Waals surface area contributed by atoms with Crippen molar-refractivity contribution in [3.05, 3.63) is 70.5 Å². The van der Waals surface area contributed by atoms with Gasteiger partial charge in [-0.25, -0.2) is 4.39 Å². The second kappa shape index (κ2) is 7.00. The Morgan fingerprint density at radius 3 is 2.70 bits per heavy atom. The van der Waals surface area contributed by atoms with Crippen LogP contribution in [0.25, 0.3) is 0 Å². The van der Waals surface area contributed by atoms with Gasteiger partial charge in [0.2, 0.25) is 0 Å². The van der Waals surface area contributed by atoms with Crippen LogP contribution in [0.5, 0.6) is 0 Å². The van der Waals surface area contributed by atoms with Gasteiger partial charge in [-0.1, -0.05) is 48.0 Å². The molecule has 1 aliphatic heterocycles. The predicted molar refractivity (Wildman–Crippen MR) is 91.3 cm³/mol. The standard InChI is InChI=1S/C19H21ClFNO/c20-17-10-15(6-7-18(17)21)16-12-22-13-19(16,8-9-23)11-14-4-2-1-3-5-14/h1-7,10,16,22-23H,8-9,11-13H2/t16-,19+/m0/s1. The molecule has 0 radical (unpaired) electrons. The van der Waals surface area contributed by atoms with Crippen molar-refractivity contribution >= 4 is 11.6 Å². The van der Waals surface area contributed by atoms with Crippen LogP contribution in [-0.2, 0) is 6.42 Å². The lowest BCUT2D eigenvalue weighted by atomic mass is 9.69. The Morgan fingerprint density at radius 2 is 2.00 bits per heavy atom. The summed E-state index contributed by atoms with van der Waals surface area (Å²) in [5.41, 5.74) is 2.20. The largest absolute Gasteiger partial charge is 0.396 e. The lowest BCUT2D eigenvalue weighted by Gasteiger charge is -2.35. The van der Waals surface area contributed by atoms with Crippen LogP contribution in [0.3, 0.4) is 0 Å². The maximum Gasteiger partial charge on any atom is 0.141 e. The third-order valence-corrected chi connectivity index (χ3v) is 5.21. The van der Waals surface area contributed by atoms with Crippen molar-refractivity contribution in [2.75, 3.05) is 19.7 Å². The van der Waals surface area contributed by atoms with Crippen molar-refractivity contribution in [1.82, 2.24) is 5.32 Å². The van der Waals surface area contributed by atoms with E-state index in [0.29, 0.717) is 6.42 Å². The van der Waals surface area contributed by atoms with Crippen molar-refractivity contribution in [2.45, 2.75) is 18.8 Å². The van der Waals surface area contributed by atoms with Crippen LogP contribution in [0.4, 0.5) is 4.39 Å². The first-order chi connectivity index (χ1) is 11.1. The minimum absolute atomic E-state index is 0.0860. The normalized spacial score (nSPS) is 24.0. The molecule has 2 aromatic carbocycles. The third-order valence-electron chi connectivity index (χ3n) is 4.92. The highest BCUT2D eigenvalue weighted by molar-refractivity contribution is 6.30. The summed E-state index contributed by atoms with van der Waals surface area (Å²) in [7, 11) is 0. The van der Waals surface area contributed by atoms with Gasteiger partial charge < -0.3 is 10.4 Å². The Bertz CT molecular complexity index is 664. The Kier molecular flexibility index (Phi) is 5.00. The first-order valence-corrected chi connectivity index (χ1v) is 8.33. The Labute approximate surface area is 141 Å². The molecule has 0 amide bonds. The van der Waals surface area contributed by atoms with Gasteiger partial charge in [0.05, 0.1) is 5.02 Å². The summed E-state index contributed by atoms with van der Waals surface area (Å²) in [6.45, 7) is 1.79. The number of nitrogens with one attached hydrogen (secondary N) is 1. The van der Waals surface area contributed by atoms with E-state index in [0.717, 1.165) is 25.1 Å². The smallest absolute Gasteiger partial charge is 0.141 e.